The van der Waals surface area contributed by atoms with Gasteiger partial charge in [-0.15, -0.1) is 11.8 Å². The van der Waals surface area contributed by atoms with Crippen LogP contribution < -0.4 is 0 Å². The van der Waals surface area contributed by atoms with Gasteiger partial charge in [0, 0.05) is 13.1 Å². The zero-order valence-corrected chi connectivity index (χ0v) is 12.7. The Morgan fingerprint density at radius 1 is 1.32 bits per heavy atom. The van der Waals surface area contributed by atoms with Crippen molar-refractivity contribution in [3.8, 4) is 0 Å². The standard InChI is InChI=1S/C15H22N2OS/c1-4-12-5-7-13(8-6-12)15-17(10-9-16(2)3)14(18)11-19-15/h5-8,15H,4,9-11H2,1-3H3. The summed E-state index contributed by atoms with van der Waals surface area (Å²) in [4.78, 5) is 16.1. The maximum absolute atomic E-state index is 12.0. The van der Waals surface area contributed by atoms with Gasteiger partial charge in [0.2, 0.25) is 5.91 Å². The summed E-state index contributed by atoms with van der Waals surface area (Å²) >= 11 is 1.73. The first-order valence-corrected chi connectivity index (χ1v) is 7.81. The summed E-state index contributed by atoms with van der Waals surface area (Å²) in [5.74, 6) is 0.865. The van der Waals surface area contributed by atoms with Crippen LogP contribution in [0.1, 0.15) is 23.4 Å². The third-order valence-electron chi connectivity index (χ3n) is 3.43. The fourth-order valence-corrected chi connectivity index (χ4v) is 3.42. The minimum atomic E-state index is 0.193. The van der Waals surface area contributed by atoms with Crippen molar-refractivity contribution in [2.45, 2.75) is 18.7 Å². The molecule has 3 nitrogen and oxygen atoms in total. The number of aryl methyl sites for hydroxylation is 1. The molecule has 4 heteroatoms. The number of carbonyl (C=O) groups excluding carboxylic acids is 1. The van der Waals surface area contributed by atoms with Crippen LogP contribution in [-0.2, 0) is 11.2 Å². The largest absolute Gasteiger partial charge is 0.325 e. The van der Waals surface area contributed by atoms with Crippen LogP contribution in [0.5, 0.6) is 0 Å². The van der Waals surface area contributed by atoms with Crippen LogP contribution in [0.25, 0.3) is 0 Å². The van der Waals surface area contributed by atoms with E-state index in [1.807, 2.05) is 19.0 Å². The predicted molar refractivity (Wildman–Crippen MR) is 81.3 cm³/mol. The molecule has 1 aliphatic rings. The molecular formula is C15H22N2OS. The maximum atomic E-state index is 12.0. The van der Waals surface area contributed by atoms with E-state index in [1.165, 1.54) is 11.1 Å². The van der Waals surface area contributed by atoms with Gasteiger partial charge in [-0.1, -0.05) is 31.2 Å². The lowest BCUT2D eigenvalue weighted by molar-refractivity contribution is -0.128. The van der Waals surface area contributed by atoms with Gasteiger partial charge in [0.1, 0.15) is 5.37 Å². The molecule has 1 aromatic rings. The molecule has 104 valence electrons. The summed E-state index contributed by atoms with van der Waals surface area (Å²) in [6.45, 7) is 3.88. The third kappa shape index (κ3) is 3.51. The summed E-state index contributed by atoms with van der Waals surface area (Å²) in [5.41, 5.74) is 2.59. The zero-order valence-electron chi connectivity index (χ0n) is 11.9. The third-order valence-corrected chi connectivity index (χ3v) is 4.69. The van der Waals surface area contributed by atoms with E-state index in [0.717, 1.165) is 19.5 Å². The van der Waals surface area contributed by atoms with Gasteiger partial charge in [-0.25, -0.2) is 0 Å². The number of hydrogen-bond acceptors (Lipinski definition) is 3. The van der Waals surface area contributed by atoms with E-state index >= 15 is 0 Å². The van der Waals surface area contributed by atoms with E-state index in [1.54, 1.807) is 11.8 Å². The summed E-state index contributed by atoms with van der Waals surface area (Å²) in [6, 6.07) is 8.67. The van der Waals surface area contributed by atoms with Crippen LogP contribution in [0.3, 0.4) is 0 Å². The van der Waals surface area contributed by atoms with Gasteiger partial charge in [-0.3, -0.25) is 4.79 Å². The van der Waals surface area contributed by atoms with Crippen molar-refractivity contribution in [2.24, 2.45) is 0 Å². The molecule has 1 atom stereocenters. The molecular weight excluding hydrogens is 256 g/mol. The smallest absolute Gasteiger partial charge is 0.233 e. The van der Waals surface area contributed by atoms with Crippen molar-refractivity contribution in [1.29, 1.82) is 0 Å². The van der Waals surface area contributed by atoms with Crippen molar-refractivity contribution < 1.29 is 4.79 Å². The van der Waals surface area contributed by atoms with Gasteiger partial charge in [0.15, 0.2) is 0 Å². The van der Waals surface area contributed by atoms with Crippen molar-refractivity contribution in [3.05, 3.63) is 35.4 Å². The Balaban J connectivity index is 2.10. The molecule has 0 N–H and O–H groups in total. The molecule has 1 heterocycles. The van der Waals surface area contributed by atoms with Crippen molar-refractivity contribution in [2.75, 3.05) is 32.9 Å². The van der Waals surface area contributed by atoms with Gasteiger partial charge in [0.05, 0.1) is 5.75 Å². The number of carbonyl (C=O) groups is 1. The SMILES string of the molecule is CCc1ccc(C2SCC(=O)N2CCN(C)C)cc1. The zero-order chi connectivity index (χ0) is 13.8. The molecule has 1 saturated heterocycles. The number of nitrogens with zero attached hydrogens (tertiary/aromatic N) is 2. The Morgan fingerprint density at radius 2 is 2.00 bits per heavy atom. The molecule has 1 aromatic carbocycles. The van der Waals surface area contributed by atoms with Crippen LogP contribution in [-0.4, -0.2) is 48.6 Å². The first-order valence-electron chi connectivity index (χ1n) is 6.76. The first kappa shape index (κ1) is 14.4. The van der Waals surface area contributed by atoms with Crippen LogP contribution in [0, 0.1) is 0 Å². The molecule has 0 spiro atoms. The Morgan fingerprint density at radius 3 is 2.58 bits per heavy atom. The Hall–Kier alpha value is -1.00. The molecule has 0 aromatic heterocycles. The molecule has 0 saturated carbocycles. The molecule has 0 bridgehead atoms. The van der Waals surface area contributed by atoms with E-state index in [2.05, 4.69) is 36.1 Å². The number of likely N-dealkylation sites (N-methyl/N-ethyl adjacent to an activating group) is 1. The fraction of sp³-hybridized carbons (Fsp3) is 0.533. The van der Waals surface area contributed by atoms with Gasteiger partial charge >= 0.3 is 0 Å². The van der Waals surface area contributed by atoms with E-state index in [4.69, 9.17) is 0 Å². The number of rotatable bonds is 5. The fourth-order valence-electron chi connectivity index (χ4n) is 2.20. The Labute approximate surface area is 120 Å². The number of hydrogen-bond donors (Lipinski definition) is 0. The molecule has 0 aliphatic carbocycles. The Bertz CT molecular complexity index is 430. The molecule has 1 fully saturated rings. The van der Waals surface area contributed by atoms with Crippen molar-refractivity contribution >= 4 is 17.7 Å². The predicted octanol–water partition coefficient (Wildman–Crippen LogP) is 2.38. The minimum Gasteiger partial charge on any atom is -0.325 e. The van der Waals surface area contributed by atoms with Crippen LogP contribution >= 0.6 is 11.8 Å². The number of thioether (sulfide) groups is 1. The van der Waals surface area contributed by atoms with Gasteiger partial charge in [-0.05, 0) is 31.6 Å². The summed E-state index contributed by atoms with van der Waals surface area (Å²) in [6.07, 6.45) is 1.06. The summed E-state index contributed by atoms with van der Waals surface area (Å²) in [5, 5.41) is 0.193. The van der Waals surface area contributed by atoms with E-state index in [0.29, 0.717) is 5.75 Å². The van der Waals surface area contributed by atoms with E-state index < -0.39 is 0 Å². The highest BCUT2D eigenvalue weighted by Crippen LogP contribution is 2.38. The van der Waals surface area contributed by atoms with Crippen LogP contribution in [0.15, 0.2) is 24.3 Å². The normalized spacial score (nSPS) is 19.5. The van der Waals surface area contributed by atoms with Gasteiger partial charge in [0.25, 0.3) is 0 Å². The quantitative estimate of drug-likeness (QED) is 0.826. The lowest BCUT2D eigenvalue weighted by Gasteiger charge is -2.25. The molecule has 1 unspecified atom stereocenters. The van der Waals surface area contributed by atoms with E-state index in [9.17, 15) is 4.79 Å². The second-order valence-electron chi connectivity index (χ2n) is 5.15. The second kappa shape index (κ2) is 6.44. The van der Waals surface area contributed by atoms with Crippen LogP contribution in [0.4, 0.5) is 0 Å². The molecule has 0 radical (unpaired) electrons. The highest BCUT2D eigenvalue weighted by molar-refractivity contribution is 8.00. The maximum Gasteiger partial charge on any atom is 0.233 e. The van der Waals surface area contributed by atoms with Gasteiger partial charge < -0.3 is 9.80 Å². The molecule has 2 rings (SSSR count). The topological polar surface area (TPSA) is 23.6 Å². The van der Waals surface area contributed by atoms with Crippen molar-refractivity contribution in [3.63, 3.8) is 0 Å². The van der Waals surface area contributed by atoms with Gasteiger partial charge in [-0.2, -0.15) is 0 Å². The lowest BCUT2D eigenvalue weighted by atomic mass is 10.1. The average Bonchev–Trinajstić information content (AvgIpc) is 2.78. The van der Waals surface area contributed by atoms with Crippen molar-refractivity contribution in [1.82, 2.24) is 9.80 Å². The average molecular weight is 278 g/mol. The molecule has 1 amide bonds. The Kier molecular flexibility index (Phi) is 4.88. The van der Waals surface area contributed by atoms with Crippen LogP contribution in [0.2, 0.25) is 0 Å². The first-order chi connectivity index (χ1) is 9.11. The summed E-state index contributed by atoms with van der Waals surface area (Å²) in [7, 11) is 4.08. The molecule has 19 heavy (non-hydrogen) atoms. The number of amides is 1. The highest BCUT2D eigenvalue weighted by atomic mass is 32.2. The second-order valence-corrected chi connectivity index (χ2v) is 6.22. The monoisotopic (exact) mass is 278 g/mol. The molecule has 1 aliphatic heterocycles. The highest BCUT2D eigenvalue weighted by Gasteiger charge is 2.32. The summed E-state index contributed by atoms with van der Waals surface area (Å²) < 4.78 is 0. The number of benzene rings is 1. The van der Waals surface area contributed by atoms with E-state index in [-0.39, 0.29) is 11.3 Å². The lowest BCUT2D eigenvalue weighted by Crippen LogP contribution is -2.34. The minimum absolute atomic E-state index is 0.193.